The standard InChI is InChI=1S/C20H19N5O/c1-26-18-8-4-15(5-9-18)10-12-22-20-23-13-11-19(25-20)24-17-6-2-16(14-21)3-7-17/h2-9,11,13H,10,12H2,1H3,(H2,22,23,24,25). The highest BCUT2D eigenvalue weighted by Crippen LogP contribution is 2.16. The van der Waals surface area contributed by atoms with Crippen molar-refractivity contribution in [3.8, 4) is 11.8 Å². The molecule has 3 rings (SSSR count). The van der Waals surface area contributed by atoms with Crippen molar-refractivity contribution in [2.75, 3.05) is 24.3 Å². The van der Waals surface area contributed by atoms with E-state index in [1.807, 2.05) is 36.4 Å². The quantitative estimate of drug-likeness (QED) is 0.678. The highest BCUT2D eigenvalue weighted by Gasteiger charge is 2.01. The predicted molar refractivity (Wildman–Crippen MR) is 102 cm³/mol. The van der Waals surface area contributed by atoms with Crippen LogP contribution in [0.25, 0.3) is 0 Å². The third-order valence-corrected chi connectivity index (χ3v) is 3.80. The fourth-order valence-corrected chi connectivity index (χ4v) is 2.40. The number of rotatable bonds is 7. The van der Waals surface area contributed by atoms with Gasteiger partial charge in [0.2, 0.25) is 5.95 Å². The van der Waals surface area contributed by atoms with Gasteiger partial charge in [0.25, 0.3) is 0 Å². The summed E-state index contributed by atoms with van der Waals surface area (Å²) in [6.07, 6.45) is 2.56. The summed E-state index contributed by atoms with van der Waals surface area (Å²) in [6, 6.07) is 19.1. The fourth-order valence-electron chi connectivity index (χ4n) is 2.40. The zero-order valence-corrected chi connectivity index (χ0v) is 14.4. The lowest BCUT2D eigenvalue weighted by molar-refractivity contribution is 0.414. The van der Waals surface area contributed by atoms with E-state index in [1.54, 1.807) is 31.5 Å². The Bertz CT molecular complexity index is 885. The molecule has 0 unspecified atom stereocenters. The first-order valence-electron chi connectivity index (χ1n) is 8.24. The van der Waals surface area contributed by atoms with E-state index in [9.17, 15) is 0 Å². The van der Waals surface area contributed by atoms with E-state index >= 15 is 0 Å². The molecule has 2 N–H and O–H groups in total. The molecule has 0 bridgehead atoms. The Kier molecular flexibility index (Phi) is 5.63. The lowest BCUT2D eigenvalue weighted by Gasteiger charge is -2.09. The number of hydrogen-bond acceptors (Lipinski definition) is 6. The van der Waals surface area contributed by atoms with Crippen molar-refractivity contribution in [1.29, 1.82) is 5.26 Å². The maximum atomic E-state index is 8.84. The molecule has 0 aliphatic carbocycles. The summed E-state index contributed by atoms with van der Waals surface area (Å²) < 4.78 is 5.16. The average molecular weight is 345 g/mol. The van der Waals surface area contributed by atoms with Gasteiger partial charge in [-0.2, -0.15) is 10.2 Å². The number of aromatic nitrogens is 2. The van der Waals surface area contributed by atoms with Crippen LogP contribution < -0.4 is 15.4 Å². The van der Waals surface area contributed by atoms with Gasteiger partial charge in [0, 0.05) is 18.4 Å². The molecule has 2 aromatic carbocycles. The Morgan fingerprint density at radius 3 is 2.50 bits per heavy atom. The Hall–Kier alpha value is -3.59. The normalized spacial score (nSPS) is 10.0. The number of ether oxygens (including phenoxy) is 1. The molecule has 0 radical (unpaired) electrons. The van der Waals surface area contributed by atoms with Crippen molar-refractivity contribution in [3.05, 3.63) is 71.9 Å². The van der Waals surface area contributed by atoms with Crippen molar-refractivity contribution in [3.63, 3.8) is 0 Å². The van der Waals surface area contributed by atoms with Crippen LogP contribution in [0.4, 0.5) is 17.5 Å². The van der Waals surface area contributed by atoms with Crippen molar-refractivity contribution in [2.45, 2.75) is 6.42 Å². The van der Waals surface area contributed by atoms with E-state index in [-0.39, 0.29) is 0 Å². The van der Waals surface area contributed by atoms with E-state index in [1.165, 1.54) is 5.56 Å². The van der Waals surface area contributed by atoms with Crippen LogP contribution in [0.3, 0.4) is 0 Å². The molecule has 1 heterocycles. The van der Waals surface area contributed by atoms with Crippen molar-refractivity contribution < 1.29 is 4.74 Å². The lowest BCUT2D eigenvalue weighted by atomic mass is 10.1. The largest absolute Gasteiger partial charge is 0.497 e. The van der Waals surface area contributed by atoms with Crippen molar-refractivity contribution >= 4 is 17.5 Å². The molecule has 6 heteroatoms. The molecule has 0 aliphatic heterocycles. The van der Waals surface area contributed by atoms with Gasteiger partial charge in [-0.3, -0.25) is 0 Å². The number of benzene rings is 2. The molecule has 0 saturated carbocycles. The SMILES string of the molecule is COc1ccc(CCNc2nccc(Nc3ccc(C#N)cc3)n2)cc1. The molecule has 0 fully saturated rings. The minimum atomic E-state index is 0.567. The van der Waals surface area contributed by atoms with Crippen LogP contribution in [-0.4, -0.2) is 23.6 Å². The number of methoxy groups -OCH3 is 1. The number of anilines is 3. The second-order valence-electron chi connectivity index (χ2n) is 5.60. The van der Waals surface area contributed by atoms with Gasteiger partial charge in [0.05, 0.1) is 18.7 Å². The summed E-state index contributed by atoms with van der Waals surface area (Å²) in [5, 5.41) is 15.3. The first-order chi connectivity index (χ1) is 12.8. The van der Waals surface area contributed by atoms with Gasteiger partial charge >= 0.3 is 0 Å². The second-order valence-corrected chi connectivity index (χ2v) is 5.60. The predicted octanol–water partition coefficient (Wildman–Crippen LogP) is 3.76. The minimum absolute atomic E-state index is 0.567. The van der Waals surface area contributed by atoms with Gasteiger partial charge in [-0.05, 0) is 54.4 Å². The minimum Gasteiger partial charge on any atom is -0.497 e. The van der Waals surface area contributed by atoms with Crippen molar-refractivity contribution in [2.24, 2.45) is 0 Å². The average Bonchev–Trinajstić information content (AvgIpc) is 2.69. The molecule has 0 saturated heterocycles. The third kappa shape index (κ3) is 4.71. The Morgan fingerprint density at radius 2 is 1.81 bits per heavy atom. The number of nitriles is 1. The molecule has 130 valence electrons. The van der Waals surface area contributed by atoms with Crippen LogP contribution in [0, 0.1) is 11.3 Å². The monoisotopic (exact) mass is 345 g/mol. The highest BCUT2D eigenvalue weighted by atomic mass is 16.5. The third-order valence-electron chi connectivity index (χ3n) is 3.80. The highest BCUT2D eigenvalue weighted by molar-refractivity contribution is 5.57. The van der Waals surface area contributed by atoms with Gasteiger partial charge < -0.3 is 15.4 Å². The molecule has 0 atom stereocenters. The second kappa shape index (κ2) is 8.49. The van der Waals surface area contributed by atoms with Crippen LogP contribution in [-0.2, 0) is 6.42 Å². The molecular weight excluding hydrogens is 326 g/mol. The summed E-state index contributed by atoms with van der Waals surface area (Å²) in [5.41, 5.74) is 2.70. The molecule has 3 aromatic rings. The zero-order chi connectivity index (χ0) is 18.2. The zero-order valence-electron chi connectivity index (χ0n) is 14.4. The molecule has 0 aliphatic rings. The molecule has 6 nitrogen and oxygen atoms in total. The smallest absolute Gasteiger partial charge is 0.224 e. The fraction of sp³-hybridized carbons (Fsp3) is 0.150. The maximum absolute atomic E-state index is 8.84. The summed E-state index contributed by atoms with van der Waals surface area (Å²) >= 11 is 0. The van der Waals surface area contributed by atoms with Gasteiger partial charge in [-0.15, -0.1) is 0 Å². The number of hydrogen-bond donors (Lipinski definition) is 2. The van der Waals surface area contributed by atoms with Crippen LogP contribution >= 0.6 is 0 Å². The molecule has 0 amide bonds. The Balaban J connectivity index is 1.55. The van der Waals surface area contributed by atoms with Crippen LogP contribution in [0.5, 0.6) is 5.75 Å². The Labute approximate surface area is 152 Å². The summed E-state index contributed by atoms with van der Waals surface area (Å²) in [7, 11) is 1.66. The van der Waals surface area contributed by atoms with E-state index in [4.69, 9.17) is 10.00 Å². The lowest BCUT2D eigenvalue weighted by Crippen LogP contribution is -2.08. The maximum Gasteiger partial charge on any atom is 0.224 e. The first kappa shape index (κ1) is 17.2. The summed E-state index contributed by atoms with van der Waals surface area (Å²) in [4.78, 5) is 8.69. The van der Waals surface area contributed by atoms with Gasteiger partial charge in [-0.25, -0.2) is 4.98 Å². The molecular formula is C20H19N5O. The molecule has 0 spiro atoms. The van der Waals surface area contributed by atoms with E-state index in [2.05, 4.69) is 26.7 Å². The number of nitrogens with zero attached hydrogens (tertiary/aromatic N) is 3. The van der Waals surface area contributed by atoms with Crippen LogP contribution in [0.1, 0.15) is 11.1 Å². The Morgan fingerprint density at radius 1 is 1.04 bits per heavy atom. The van der Waals surface area contributed by atoms with Crippen molar-refractivity contribution in [1.82, 2.24) is 9.97 Å². The first-order valence-corrected chi connectivity index (χ1v) is 8.24. The molecule has 1 aromatic heterocycles. The van der Waals surface area contributed by atoms with E-state index in [0.29, 0.717) is 17.3 Å². The molecule has 26 heavy (non-hydrogen) atoms. The van der Waals surface area contributed by atoms with Gasteiger partial charge in [-0.1, -0.05) is 12.1 Å². The topological polar surface area (TPSA) is 82.9 Å². The van der Waals surface area contributed by atoms with E-state index < -0.39 is 0 Å². The summed E-state index contributed by atoms with van der Waals surface area (Å²) in [6.45, 7) is 0.729. The number of nitrogens with one attached hydrogen (secondary N) is 2. The van der Waals surface area contributed by atoms with Crippen LogP contribution in [0.2, 0.25) is 0 Å². The van der Waals surface area contributed by atoms with E-state index in [0.717, 1.165) is 24.4 Å². The van der Waals surface area contributed by atoms with Crippen LogP contribution in [0.15, 0.2) is 60.8 Å². The van der Waals surface area contributed by atoms with Gasteiger partial charge in [0.15, 0.2) is 0 Å². The van der Waals surface area contributed by atoms with Gasteiger partial charge in [0.1, 0.15) is 11.6 Å². The summed E-state index contributed by atoms with van der Waals surface area (Å²) in [5.74, 6) is 2.11.